The lowest BCUT2D eigenvalue weighted by Gasteiger charge is -2.29. The van der Waals surface area contributed by atoms with Crippen LogP contribution in [0.25, 0.3) is 0 Å². The Hall–Kier alpha value is -1.39. The first-order valence-electron chi connectivity index (χ1n) is 8.57. The van der Waals surface area contributed by atoms with E-state index in [1.165, 1.54) is 24.9 Å². The Morgan fingerprint density at radius 3 is 2.82 bits per heavy atom. The van der Waals surface area contributed by atoms with Gasteiger partial charge in [-0.25, -0.2) is 13.4 Å². The summed E-state index contributed by atoms with van der Waals surface area (Å²) in [5, 5.41) is 2.88. The molecule has 3 rings (SSSR count). The highest BCUT2D eigenvalue weighted by atomic mass is 35.5. The van der Waals surface area contributed by atoms with Gasteiger partial charge in [-0.2, -0.15) is 4.31 Å². The molecule has 1 aromatic heterocycles. The molecule has 0 saturated carbocycles. The molecule has 28 heavy (non-hydrogen) atoms. The van der Waals surface area contributed by atoms with Gasteiger partial charge in [0.05, 0.1) is 12.2 Å². The maximum atomic E-state index is 12.8. The van der Waals surface area contributed by atoms with Gasteiger partial charge in [-0.15, -0.1) is 11.3 Å². The van der Waals surface area contributed by atoms with Crippen LogP contribution in [0.3, 0.4) is 0 Å². The zero-order valence-electron chi connectivity index (χ0n) is 15.5. The van der Waals surface area contributed by atoms with E-state index in [0.717, 1.165) is 33.4 Å². The van der Waals surface area contributed by atoms with Gasteiger partial charge in [0.2, 0.25) is 5.91 Å². The Kier molecular flexibility index (Phi) is 6.82. The van der Waals surface area contributed by atoms with Crippen LogP contribution in [0.5, 0.6) is 0 Å². The Bertz CT molecular complexity index is 991. The van der Waals surface area contributed by atoms with Crippen molar-refractivity contribution in [1.82, 2.24) is 9.21 Å². The number of aliphatic imine (C=N–C) groups is 1. The average Bonchev–Trinajstić information content (AvgIpc) is 3.20. The molecule has 0 aliphatic carbocycles. The van der Waals surface area contributed by atoms with Gasteiger partial charge in [-0.3, -0.25) is 9.69 Å². The fraction of sp³-hybridized carbons (Fsp3) is 0.333. The van der Waals surface area contributed by atoms with Crippen LogP contribution >= 0.6 is 34.7 Å². The number of rotatable bonds is 5. The smallest absolute Gasteiger partial charge is 0.252 e. The van der Waals surface area contributed by atoms with Crippen molar-refractivity contribution in [3.05, 3.63) is 46.3 Å². The summed E-state index contributed by atoms with van der Waals surface area (Å²) in [5.41, 5.74) is 1.62. The summed E-state index contributed by atoms with van der Waals surface area (Å²) in [7, 11) is -2.26. The molecule has 150 valence electrons. The lowest BCUT2D eigenvalue weighted by atomic mass is 10.2. The lowest BCUT2D eigenvalue weighted by Crippen LogP contribution is -2.45. The van der Waals surface area contributed by atoms with Gasteiger partial charge in [0.1, 0.15) is 4.21 Å². The molecule has 10 heteroatoms. The second-order valence-electron chi connectivity index (χ2n) is 6.27. The Labute approximate surface area is 178 Å². The monoisotopic (exact) mass is 457 g/mol. The van der Waals surface area contributed by atoms with Crippen molar-refractivity contribution in [2.45, 2.75) is 17.6 Å². The van der Waals surface area contributed by atoms with E-state index in [2.05, 4.69) is 4.99 Å². The number of sulfonamides is 1. The number of benzene rings is 1. The minimum atomic E-state index is -3.68. The van der Waals surface area contributed by atoms with Gasteiger partial charge in [0, 0.05) is 24.4 Å². The fourth-order valence-corrected chi connectivity index (χ4v) is 6.04. The van der Waals surface area contributed by atoms with Gasteiger partial charge in [0.25, 0.3) is 10.0 Å². The first-order chi connectivity index (χ1) is 13.3. The van der Waals surface area contributed by atoms with Crippen LogP contribution in [-0.4, -0.2) is 54.6 Å². The van der Waals surface area contributed by atoms with E-state index in [0.29, 0.717) is 22.4 Å². The molecular formula is C18H20ClN3O3S3. The molecule has 1 aliphatic heterocycles. The number of likely N-dealkylation sites (N-methyl/N-ethyl adjacent to an activating group) is 1. The molecule has 0 radical (unpaired) electrons. The maximum absolute atomic E-state index is 12.8. The van der Waals surface area contributed by atoms with Gasteiger partial charge in [-0.05, 0) is 42.5 Å². The van der Waals surface area contributed by atoms with Gasteiger partial charge in [0.15, 0.2) is 5.17 Å². The van der Waals surface area contributed by atoms with Gasteiger partial charge in [-0.1, -0.05) is 35.5 Å². The molecule has 1 fully saturated rings. The fourth-order valence-electron chi connectivity index (χ4n) is 2.57. The number of hydrogen-bond donors (Lipinski definition) is 0. The number of amidine groups is 1. The third kappa shape index (κ3) is 4.77. The van der Waals surface area contributed by atoms with E-state index in [1.54, 1.807) is 22.4 Å². The third-order valence-corrected chi connectivity index (χ3v) is 8.83. The largest absolute Gasteiger partial charge is 0.290 e. The molecular weight excluding hydrogens is 438 g/mol. The molecule has 6 nitrogen and oxygen atoms in total. The highest BCUT2D eigenvalue weighted by Crippen LogP contribution is 2.27. The first-order valence-corrected chi connectivity index (χ1v) is 12.3. The standard InChI is InChI=1S/C18H20ClN3O3S3/c1-13-6-7-14(11-15(13)19)20-18-22(8-4-10-27-18)16(23)12-21(2)28(24,25)17-5-3-9-26-17/h3,5-7,9,11H,4,8,10,12H2,1-2H3. The van der Waals surface area contributed by atoms with Crippen LogP contribution in [0, 0.1) is 6.92 Å². The predicted octanol–water partition coefficient (Wildman–Crippen LogP) is 3.98. The minimum absolute atomic E-state index is 0.221. The van der Waals surface area contributed by atoms with Crippen molar-refractivity contribution in [2.24, 2.45) is 4.99 Å². The number of hydrogen-bond acceptors (Lipinski definition) is 6. The summed E-state index contributed by atoms with van der Waals surface area (Å²) in [4.78, 5) is 19.0. The predicted molar refractivity (Wildman–Crippen MR) is 116 cm³/mol. The molecule has 1 aromatic carbocycles. The molecule has 2 heterocycles. The van der Waals surface area contributed by atoms with Gasteiger partial charge >= 0.3 is 0 Å². The van der Waals surface area contributed by atoms with Crippen molar-refractivity contribution in [3.8, 4) is 0 Å². The van der Waals surface area contributed by atoms with Crippen LogP contribution in [0.4, 0.5) is 5.69 Å². The average molecular weight is 458 g/mol. The van der Waals surface area contributed by atoms with Crippen LogP contribution in [0.1, 0.15) is 12.0 Å². The van der Waals surface area contributed by atoms with Crippen LogP contribution in [0.2, 0.25) is 5.02 Å². The van der Waals surface area contributed by atoms with Gasteiger partial charge < -0.3 is 0 Å². The third-order valence-electron chi connectivity index (χ3n) is 4.19. The molecule has 2 aromatic rings. The van der Waals surface area contributed by atoms with E-state index in [-0.39, 0.29) is 16.7 Å². The quantitative estimate of drug-likeness (QED) is 0.680. The van der Waals surface area contributed by atoms with E-state index < -0.39 is 10.0 Å². The zero-order valence-corrected chi connectivity index (χ0v) is 18.7. The van der Waals surface area contributed by atoms with E-state index in [4.69, 9.17) is 11.6 Å². The summed E-state index contributed by atoms with van der Waals surface area (Å²) < 4.78 is 26.4. The summed E-state index contributed by atoms with van der Waals surface area (Å²) in [6.45, 7) is 2.18. The van der Waals surface area contributed by atoms with Crippen LogP contribution < -0.4 is 0 Å². The van der Waals surface area contributed by atoms with E-state index >= 15 is 0 Å². The van der Waals surface area contributed by atoms with E-state index in [9.17, 15) is 13.2 Å². The van der Waals surface area contributed by atoms with Crippen molar-refractivity contribution in [3.63, 3.8) is 0 Å². The van der Waals surface area contributed by atoms with Crippen molar-refractivity contribution in [1.29, 1.82) is 0 Å². The Balaban J connectivity index is 1.78. The Morgan fingerprint density at radius 2 is 2.14 bits per heavy atom. The van der Waals surface area contributed by atoms with Crippen LogP contribution in [0.15, 0.2) is 44.9 Å². The summed E-state index contributed by atoms with van der Waals surface area (Å²) in [6.07, 6.45) is 0.825. The number of nitrogens with zero attached hydrogens (tertiary/aromatic N) is 3. The molecule has 1 amide bonds. The number of amides is 1. The first kappa shape index (κ1) is 21.3. The van der Waals surface area contributed by atoms with Crippen molar-refractivity contribution in [2.75, 3.05) is 25.9 Å². The number of carbonyl (C=O) groups excluding carboxylic acids is 1. The normalized spacial score (nSPS) is 16.7. The minimum Gasteiger partial charge on any atom is -0.290 e. The molecule has 1 aliphatic rings. The summed E-state index contributed by atoms with van der Waals surface area (Å²) >= 11 is 8.78. The number of thioether (sulfide) groups is 1. The maximum Gasteiger partial charge on any atom is 0.252 e. The van der Waals surface area contributed by atoms with Crippen molar-refractivity contribution < 1.29 is 13.2 Å². The second kappa shape index (κ2) is 8.96. The zero-order chi connectivity index (χ0) is 20.3. The number of thiophene rings is 1. The lowest BCUT2D eigenvalue weighted by molar-refractivity contribution is -0.127. The highest BCUT2D eigenvalue weighted by Gasteiger charge is 2.29. The molecule has 1 saturated heterocycles. The number of halogens is 1. The summed E-state index contributed by atoms with van der Waals surface area (Å²) in [5.74, 6) is 0.553. The second-order valence-corrected chi connectivity index (χ2v) is 11.0. The topological polar surface area (TPSA) is 70.1 Å². The number of aryl methyl sites for hydroxylation is 1. The van der Waals surface area contributed by atoms with Crippen molar-refractivity contribution >= 4 is 61.5 Å². The Morgan fingerprint density at radius 1 is 1.36 bits per heavy atom. The molecule has 0 unspecified atom stereocenters. The van der Waals surface area contributed by atoms with Crippen LogP contribution in [-0.2, 0) is 14.8 Å². The molecule has 0 spiro atoms. The molecule has 0 N–H and O–H groups in total. The summed E-state index contributed by atoms with van der Waals surface area (Å²) in [6, 6.07) is 8.69. The van der Waals surface area contributed by atoms with E-state index in [1.807, 2.05) is 19.1 Å². The SMILES string of the molecule is Cc1ccc(N=C2SCCCN2C(=O)CN(C)S(=O)(=O)c2cccs2)cc1Cl. The number of carbonyl (C=O) groups is 1. The molecule has 0 bridgehead atoms. The molecule has 0 atom stereocenters. The highest BCUT2D eigenvalue weighted by molar-refractivity contribution is 8.13.